The van der Waals surface area contributed by atoms with Gasteiger partial charge >= 0.3 is 5.69 Å². The zero-order valence-corrected chi connectivity index (χ0v) is 15.3. The molecule has 0 atom stereocenters. The number of nitrogens with zero attached hydrogens (tertiary/aromatic N) is 1. The Bertz CT molecular complexity index is 1140. The van der Waals surface area contributed by atoms with Crippen LogP contribution in [0, 0.1) is 6.92 Å². The molecule has 0 saturated heterocycles. The van der Waals surface area contributed by atoms with Crippen LogP contribution in [0.2, 0.25) is 0 Å². The van der Waals surface area contributed by atoms with Crippen LogP contribution < -0.4 is 21.9 Å². The molecule has 0 aliphatic heterocycles. The van der Waals surface area contributed by atoms with Gasteiger partial charge < -0.3 is 15.6 Å². The summed E-state index contributed by atoms with van der Waals surface area (Å²) >= 11 is 0. The molecule has 8 heteroatoms. The minimum absolute atomic E-state index is 0.203. The molecule has 0 bridgehead atoms. The molecule has 1 aromatic heterocycles. The summed E-state index contributed by atoms with van der Waals surface area (Å²) in [6.45, 7) is 3.28. The molecule has 3 N–H and O–H groups in total. The van der Waals surface area contributed by atoms with Gasteiger partial charge in [0, 0.05) is 24.5 Å². The Morgan fingerprint density at radius 1 is 0.893 bits per heavy atom. The van der Waals surface area contributed by atoms with E-state index in [0.717, 1.165) is 16.3 Å². The number of aryl methyl sites for hydroxylation is 1. The Morgan fingerprint density at radius 3 is 2.04 bits per heavy atom. The third kappa shape index (κ3) is 4.07. The monoisotopic (exact) mass is 378 g/mol. The highest BCUT2D eigenvalue weighted by Gasteiger charge is 2.16. The van der Waals surface area contributed by atoms with E-state index >= 15 is 0 Å². The van der Waals surface area contributed by atoms with Crippen LogP contribution >= 0.6 is 0 Å². The maximum Gasteiger partial charge on any atom is 0.333 e. The van der Waals surface area contributed by atoms with Gasteiger partial charge in [0.2, 0.25) is 5.91 Å². The summed E-state index contributed by atoms with van der Waals surface area (Å²) < 4.78 is 0.911. The fraction of sp³-hybridized carbons (Fsp3) is 0.100. The number of anilines is 2. The SMILES string of the molecule is CC(=O)Nc1ccc(NC(=O)c2c[nH]c(=O)n(-c3ccc(C)cc3)c2=O)cc1. The highest BCUT2D eigenvalue weighted by atomic mass is 16.2. The number of nitrogens with one attached hydrogen (secondary N) is 3. The second-order valence-corrected chi connectivity index (χ2v) is 6.20. The van der Waals surface area contributed by atoms with Crippen molar-refractivity contribution >= 4 is 23.2 Å². The van der Waals surface area contributed by atoms with E-state index in [1.807, 2.05) is 6.92 Å². The van der Waals surface area contributed by atoms with Gasteiger partial charge in [-0.15, -0.1) is 0 Å². The molecule has 0 aliphatic carbocycles. The fourth-order valence-electron chi connectivity index (χ4n) is 2.60. The predicted molar refractivity (Wildman–Crippen MR) is 106 cm³/mol. The van der Waals surface area contributed by atoms with Gasteiger partial charge in [-0.3, -0.25) is 14.4 Å². The lowest BCUT2D eigenvalue weighted by atomic mass is 10.2. The highest BCUT2D eigenvalue weighted by Crippen LogP contribution is 2.14. The Morgan fingerprint density at radius 2 is 1.46 bits per heavy atom. The molecule has 3 rings (SSSR count). The van der Waals surface area contributed by atoms with Crippen molar-refractivity contribution in [3.8, 4) is 5.69 Å². The van der Waals surface area contributed by atoms with Crippen LogP contribution in [0.4, 0.5) is 11.4 Å². The lowest BCUT2D eigenvalue weighted by Gasteiger charge is -2.09. The minimum atomic E-state index is -0.722. The second-order valence-electron chi connectivity index (χ2n) is 6.20. The van der Waals surface area contributed by atoms with Crippen LogP contribution in [0.3, 0.4) is 0 Å². The molecule has 0 saturated carbocycles. The molecule has 0 fully saturated rings. The van der Waals surface area contributed by atoms with Crippen molar-refractivity contribution in [2.24, 2.45) is 0 Å². The van der Waals surface area contributed by atoms with Gasteiger partial charge in [0.1, 0.15) is 5.56 Å². The normalized spacial score (nSPS) is 10.4. The van der Waals surface area contributed by atoms with E-state index in [-0.39, 0.29) is 11.5 Å². The summed E-state index contributed by atoms with van der Waals surface area (Å²) in [4.78, 5) is 50.8. The molecule has 0 aliphatic rings. The van der Waals surface area contributed by atoms with E-state index < -0.39 is 17.2 Å². The first kappa shape index (κ1) is 18.8. The summed E-state index contributed by atoms with van der Waals surface area (Å²) in [6.07, 6.45) is 1.09. The van der Waals surface area contributed by atoms with Crippen molar-refractivity contribution in [3.05, 3.63) is 86.7 Å². The van der Waals surface area contributed by atoms with Crippen molar-refractivity contribution in [1.82, 2.24) is 9.55 Å². The molecule has 2 aromatic carbocycles. The zero-order valence-electron chi connectivity index (χ0n) is 15.3. The molecule has 0 radical (unpaired) electrons. The summed E-state index contributed by atoms with van der Waals surface area (Å²) in [5.41, 5.74) is 0.801. The molecule has 2 amide bonds. The molecule has 1 heterocycles. The molecular formula is C20H18N4O4. The average molecular weight is 378 g/mol. The lowest BCUT2D eigenvalue weighted by Crippen LogP contribution is -2.38. The number of aromatic nitrogens is 2. The van der Waals surface area contributed by atoms with Crippen molar-refractivity contribution in [1.29, 1.82) is 0 Å². The van der Waals surface area contributed by atoms with Crippen LogP contribution in [0.5, 0.6) is 0 Å². The van der Waals surface area contributed by atoms with Crippen LogP contribution in [0.15, 0.2) is 64.3 Å². The van der Waals surface area contributed by atoms with Gasteiger partial charge in [0.05, 0.1) is 5.69 Å². The Balaban J connectivity index is 1.89. The number of amides is 2. The van der Waals surface area contributed by atoms with Crippen molar-refractivity contribution in [2.75, 3.05) is 10.6 Å². The third-order valence-electron chi connectivity index (χ3n) is 3.98. The topological polar surface area (TPSA) is 113 Å². The van der Waals surface area contributed by atoms with E-state index in [4.69, 9.17) is 0 Å². The standard InChI is InChI=1S/C20H18N4O4/c1-12-3-9-16(10-4-12)24-19(27)17(11-21-20(24)28)18(26)23-15-7-5-14(6-8-15)22-13(2)25/h3-11H,1-2H3,(H,21,28)(H,22,25)(H,23,26). The molecule has 8 nitrogen and oxygen atoms in total. The molecule has 0 unspecified atom stereocenters. The van der Waals surface area contributed by atoms with E-state index in [1.54, 1.807) is 48.5 Å². The highest BCUT2D eigenvalue weighted by molar-refractivity contribution is 6.04. The largest absolute Gasteiger partial charge is 0.333 e. The lowest BCUT2D eigenvalue weighted by molar-refractivity contribution is -0.114. The van der Waals surface area contributed by atoms with E-state index in [0.29, 0.717) is 17.1 Å². The molecule has 0 spiro atoms. The van der Waals surface area contributed by atoms with Crippen LogP contribution in [0.1, 0.15) is 22.8 Å². The summed E-state index contributed by atoms with van der Waals surface area (Å²) in [5.74, 6) is -0.865. The van der Waals surface area contributed by atoms with Gasteiger partial charge in [-0.25, -0.2) is 9.36 Å². The number of H-pyrrole nitrogens is 1. The van der Waals surface area contributed by atoms with E-state index in [9.17, 15) is 19.2 Å². The number of aromatic amines is 1. The van der Waals surface area contributed by atoms with E-state index in [1.165, 1.54) is 6.92 Å². The minimum Gasteiger partial charge on any atom is -0.326 e. The van der Waals surface area contributed by atoms with Gasteiger partial charge in [0.25, 0.3) is 11.5 Å². The number of hydrogen-bond acceptors (Lipinski definition) is 4. The van der Waals surface area contributed by atoms with Crippen LogP contribution in [0.25, 0.3) is 5.69 Å². The van der Waals surface area contributed by atoms with Gasteiger partial charge in [0.15, 0.2) is 0 Å². The fourth-order valence-corrected chi connectivity index (χ4v) is 2.60. The van der Waals surface area contributed by atoms with Crippen molar-refractivity contribution < 1.29 is 9.59 Å². The number of benzene rings is 2. The van der Waals surface area contributed by atoms with Gasteiger partial charge in [-0.05, 0) is 43.3 Å². The Kier molecular flexibility index (Phi) is 5.21. The zero-order chi connectivity index (χ0) is 20.3. The molecule has 142 valence electrons. The predicted octanol–water partition coefficient (Wildman–Crippen LogP) is 2.04. The first-order valence-electron chi connectivity index (χ1n) is 8.46. The third-order valence-corrected chi connectivity index (χ3v) is 3.98. The second kappa shape index (κ2) is 7.75. The number of rotatable bonds is 4. The van der Waals surface area contributed by atoms with Gasteiger partial charge in [-0.2, -0.15) is 0 Å². The first-order valence-corrected chi connectivity index (χ1v) is 8.46. The van der Waals surface area contributed by atoms with Crippen molar-refractivity contribution in [3.63, 3.8) is 0 Å². The molecule has 3 aromatic rings. The Hall–Kier alpha value is -3.94. The van der Waals surface area contributed by atoms with Gasteiger partial charge in [-0.1, -0.05) is 17.7 Å². The summed E-state index contributed by atoms with van der Waals surface area (Å²) in [6, 6.07) is 13.2. The Labute approximate surface area is 159 Å². The number of carbonyl (C=O) groups excluding carboxylic acids is 2. The summed E-state index contributed by atoms with van der Waals surface area (Å²) in [7, 11) is 0. The first-order chi connectivity index (χ1) is 13.3. The molecular weight excluding hydrogens is 360 g/mol. The molecule has 28 heavy (non-hydrogen) atoms. The smallest absolute Gasteiger partial charge is 0.326 e. The maximum atomic E-state index is 12.7. The van der Waals surface area contributed by atoms with Crippen LogP contribution in [-0.4, -0.2) is 21.4 Å². The quantitative estimate of drug-likeness (QED) is 0.645. The average Bonchev–Trinajstić information content (AvgIpc) is 2.64. The summed E-state index contributed by atoms with van der Waals surface area (Å²) in [5, 5.41) is 5.22. The number of hydrogen-bond donors (Lipinski definition) is 3. The maximum absolute atomic E-state index is 12.7. The van der Waals surface area contributed by atoms with E-state index in [2.05, 4.69) is 15.6 Å². The van der Waals surface area contributed by atoms with Crippen molar-refractivity contribution in [2.45, 2.75) is 13.8 Å². The number of carbonyl (C=O) groups is 2. The van der Waals surface area contributed by atoms with Crippen LogP contribution in [-0.2, 0) is 4.79 Å².